The van der Waals surface area contributed by atoms with Gasteiger partial charge in [0.25, 0.3) is 5.91 Å². The summed E-state index contributed by atoms with van der Waals surface area (Å²) in [6, 6.07) is 17.1. The summed E-state index contributed by atoms with van der Waals surface area (Å²) >= 11 is 0. The molecule has 0 unspecified atom stereocenters. The van der Waals surface area contributed by atoms with Gasteiger partial charge in [-0.2, -0.15) is 0 Å². The quantitative estimate of drug-likeness (QED) is 0.697. The number of carbonyl (C=O) groups excluding carboxylic acids is 1. The van der Waals surface area contributed by atoms with E-state index in [1.165, 1.54) is 0 Å². The van der Waals surface area contributed by atoms with Crippen LogP contribution in [-0.4, -0.2) is 32.6 Å². The van der Waals surface area contributed by atoms with Gasteiger partial charge < -0.3 is 14.7 Å². The Morgan fingerprint density at radius 1 is 1.10 bits per heavy atom. The number of aliphatic hydroxyl groups is 1. The average Bonchev–Trinajstić information content (AvgIpc) is 3.05. The van der Waals surface area contributed by atoms with Crippen LogP contribution in [0.2, 0.25) is 0 Å². The number of nitrogens with zero attached hydrogens (tertiary/aromatic N) is 2. The van der Waals surface area contributed by atoms with E-state index in [0.717, 1.165) is 27.9 Å². The van der Waals surface area contributed by atoms with Crippen LogP contribution in [0.25, 0.3) is 11.1 Å². The second-order valence-electron chi connectivity index (χ2n) is 8.62. The summed E-state index contributed by atoms with van der Waals surface area (Å²) in [7, 11) is 0. The summed E-state index contributed by atoms with van der Waals surface area (Å²) in [5.74, 6) is 0.650. The standard InChI is InChI=1S/C25H24N2O3/c1-15-12-17(10-11-26-15)16-8-9-21-20(13-16)22(23(28)25(2,3)30-21)27-14-18-6-4-5-7-19(18)24(27)29/h4-13,22-23,28H,14H2,1-3H3/t22-,23+/m0/s1. The van der Waals surface area contributed by atoms with Crippen LogP contribution in [0.3, 0.4) is 0 Å². The van der Waals surface area contributed by atoms with Gasteiger partial charge in [-0.1, -0.05) is 24.3 Å². The Hall–Kier alpha value is -3.18. The lowest BCUT2D eigenvalue weighted by molar-refractivity contribution is -0.0867. The number of aromatic nitrogens is 1. The van der Waals surface area contributed by atoms with Crippen LogP contribution in [0.15, 0.2) is 60.8 Å². The fraction of sp³-hybridized carbons (Fsp3) is 0.280. The molecule has 2 aliphatic rings. The van der Waals surface area contributed by atoms with Gasteiger partial charge in [-0.25, -0.2) is 0 Å². The third kappa shape index (κ3) is 2.89. The number of benzene rings is 2. The minimum absolute atomic E-state index is 0.0524. The molecule has 2 aliphatic heterocycles. The number of carbonyl (C=O) groups is 1. The third-order valence-corrected chi connectivity index (χ3v) is 6.13. The van der Waals surface area contributed by atoms with Crippen molar-refractivity contribution in [2.24, 2.45) is 0 Å². The lowest BCUT2D eigenvalue weighted by atomic mass is 9.84. The number of aliphatic hydroxyl groups excluding tert-OH is 1. The Morgan fingerprint density at radius 3 is 2.63 bits per heavy atom. The Balaban J connectivity index is 1.63. The number of ether oxygens (including phenoxy) is 1. The van der Waals surface area contributed by atoms with Crippen molar-refractivity contribution in [2.45, 2.75) is 45.1 Å². The molecule has 0 aliphatic carbocycles. The zero-order valence-electron chi connectivity index (χ0n) is 17.3. The minimum atomic E-state index is -0.863. The van der Waals surface area contributed by atoms with Crippen molar-refractivity contribution in [1.29, 1.82) is 0 Å². The van der Waals surface area contributed by atoms with Gasteiger partial charge in [-0.15, -0.1) is 0 Å². The summed E-state index contributed by atoms with van der Waals surface area (Å²) < 4.78 is 6.15. The van der Waals surface area contributed by atoms with Crippen LogP contribution >= 0.6 is 0 Å². The van der Waals surface area contributed by atoms with E-state index < -0.39 is 17.7 Å². The molecule has 2 atom stereocenters. The zero-order valence-corrected chi connectivity index (χ0v) is 17.3. The fourth-order valence-corrected chi connectivity index (χ4v) is 4.51. The molecule has 3 heterocycles. The van der Waals surface area contributed by atoms with Crippen molar-refractivity contribution >= 4 is 5.91 Å². The summed E-state index contributed by atoms with van der Waals surface area (Å²) in [5, 5.41) is 11.3. The number of pyridine rings is 1. The van der Waals surface area contributed by atoms with Gasteiger partial charge in [-0.05, 0) is 67.8 Å². The van der Waals surface area contributed by atoms with Gasteiger partial charge in [0.15, 0.2) is 0 Å². The number of rotatable bonds is 2. The number of hydrogen-bond donors (Lipinski definition) is 1. The maximum Gasteiger partial charge on any atom is 0.255 e. The Labute approximate surface area is 176 Å². The smallest absolute Gasteiger partial charge is 0.255 e. The summed E-state index contributed by atoms with van der Waals surface area (Å²) in [6.07, 6.45) is 0.925. The lowest BCUT2D eigenvalue weighted by Crippen LogP contribution is -2.53. The van der Waals surface area contributed by atoms with Crippen LogP contribution in [0, 0.1) is 6.92 Å². The molecule has 30 heavy (non-hydrogen) atoms. The molecule has 0 fully saturated rings. The normalized spacial score (nSPS) is 21.7. The van der Waals surface area contributed by atoms with Crippen molar-refractivity contribution < 1.29 is 14.6 Å². The monoisotopic (exact) mass is 400 g/mol. The molecule has 3 aromatic rings. The largest absolute Gasteiger partial charge is 0.485 e. The van der Waals surface area contributed by atoms with Crippen LogP contribution in [0.1, 0.15) is 47.1 Å². The summed E-state index contributed by atoms with van der Waals surface area (Å²) in [4.78, 5) is 19.3. The van der Waals surface area contributed by atoms with Crippen molar-refractivity contribution in [1.82, 2.24) is 9.88 Å². The molecule has 0 radical (unpaired) electrons. The van der Waals surface area contributed by atoms with E-state index in [1.54, 1.807) is 11.1 Å². The maximum absolute atomic E-state index is 13.2. The molecular weight excluding hydrogens is 376 g/mol. The fourth-order valence-electron chi connectivity index (χ4n) is 4.51. The molecule has 2 aromatic carbocycles. The Kier molecular flexibility index (Phi) is 4.19. The van der Waals surface area contributed by atoms with E-state index in [0.29, 0.717) is 17.9 Å². The van der Waals surface area contributed by atoms with Gasteiger partial charge in [-0.3, -0.25) is 9.78 Å². The van der Waals surface area contributed by atoms with Gasteiger partial charge in [0.05, 0.1) is 6.04 Å². The minimum Gasteiger partial charge on any atom is -0.485 e. The molecule has 5 rings (SSSR count). The highest BCUT2D eigenvalue weighted by Crippen LogP contribution is 2.46. The van der Waals surface area contributed by atoms with E-state index in [4.69, 9.17) is 4.74 Å². The average molecular weight is 400 g/mol. The third-order valence-electron chi connectivity index (χ3n) is 6.13. The first kappa shape index (κ1) is 18.8. The first-order chi connectivity index (χ1) is 14.3. The topological polar surface area (TPSA) is 62.7 Å². The zero-order chi connectivity index (χ0) is 21.0. The van der Waals surface area contributed by atoms with Crippen molar-refractivity contribution in [3.8, 4) is 16.9 Å². The van der Waals surface area contributed by atoms with Gasteiger partial charge in [0.1, 0.15) is 17.5 Å². The highest BCUT2D eigenvalue weighted by molar-refractivity contribution is 5.98. The molecule has 5 nitrogen and oxygen atoms in total. The highest BCUT2D eigenvalue weighted by Gasteiger charge is 2.48. The predicted molar refractivity (Wildman–Crippen MR) is 114 cm³/mol. The van der Waals surface area contributed by atoms with Crippen LogP contribution in [-0.2, 0) is 6.54 Å². The molecule has 1 aromatic heterocycles. The van der Waals surface area contributed by atoms with Gasteiger partial charge in [0.2, 0.25) is 0 Å². The molecule has 5 heteroatoms. The molecule has 0 saturated heterocycles. The SMILES string of the molecule is Cc1cc(-c2ccc3c(c2)[C@H](N2Cc4ccccc4C2=O)[C@@H](O)C(C)(C)O3)ccn1. The first-order valence-electron chi connectivity index (χ1n) is 10.2. The number of amides is 1. The maximum atomic E-state index is 13.2. The van der Waals surface area contributed by atoms with E-state index >= 15 is 0 Å². The van der Waals surface area contributed by atoms with Crippen molar-refractivity contribution in [3.63, 3.8) is 0 Å². The van der Waals surface area contributed by atoms with Crippen LogP contribution in [0.5, 0.6) is 5.75 Å². The Bertz CT molecular complexity index is 1150. The number of aryl methyl sites for hydroxylation is 1. The number of fused-ring (bicyclic) bond motifs is 2. The molecule has 0 spiro atoms. The molecular formula is C25H24N2O3. The van der Waals surface area contributed by atoms with Gasteiger partial charge >= 0.3 is 0 Å². The van der Waals surface area contributed by atoms with Crippen LogP contribution < -0.4 is 4.74 Å². The lowest BCUT2D eigenvalue weighted by Gasteiger charge is -2.45. The summed E-state index contributed by atoms with van der Waals surface area (Å²) in [6.45, 7) is 6.16. The van der Waals surface area contributed by atoms with Crippen molar-refractivity contribution in [3.05, 3.63) is 83.2 Å². The van der Waals surface area contributed by atoms with E-state index in [1.807, 2.05) is 75.4 Å². The van der Waals surface area contributed by atoms with E-state index in [9.17, 15) is 9.90 Å². The molecule has 0 bridgehead atoms. The van der Waals surface area contributed by atoms with Crippen molar-refractivity contribution in [2.75, 3.05) is 0 Å². The van der Waals surface area contributed by atoms with E-state index in [2.05, 4.69) is 4.98 Å². The first-order valence-corrected chi connectivity index (χ1v) is 10.2. The second-order valence-corrected chi connectivity index (χ2v) is 8.62. The van der Waals surface area contributed by atoms with Crippen LogP contribution in [0.4, 0.5) is 0 Å². The summed E-state index contributed by atoms with van der Waals surface area (Å²) in [5.41, 5.74) is 4.68. The molecule has 1 N–H and O–H groups in total. The highest BCUT2D eigenvalue weighted by atomic mass is 16.5. The number of hydrogen-bond acceptors (Lipinski definition) is 4. The molecule has 0 saturated carbocycles. The predicted octanol–water partition coefficient (Wildman–Crippen LogP) is 4.29. The second kappa shape index (κ2) is 6.67. The van der Waals surface area contributed by atoms with Gasteiger partial charge in [0, 0.05) is 29.6 Å². The van der Waals surface area contributed by atoms with E-state index in [-0.39, 0.29) is 5.91 Å². The molecule has 1 amide bonds. The molecule has 152 valence electrons. The Morgan fingerprint density at radius 2 is 1.87 bits per heavy atom.